The number of benzene rings is 1. The Balaban J connectivity index is 1.28. The quantitative estimate of drug-likeness (QED) is 0.0564. The minimum Gasteiger partial charge on any atom is -0.465 e. The van der Waals surface area contributed by atoms with Crippen LogP contribution in [-0.4, -0.2) is 94.8 Å². The van der Waals surface area contributed by atoms with Gasteiger partial charge in [0.25, 0.3) is 11.2 Å². The molecule has 4 heterocycles. The molecule has 0 aliphatic carbocycles. The number of fused-ring (bicyclic) bond motifs is 1. The molecule has 2 fully saturated rings. The van der Waals surface area contributed by atoms with Crippen LogP contribution in [0.25, 0.3) is 11.2 Å². The predicted octanol–water partition coefficient (Wildman–Crippen LogP) is 7.03. The van der Waals surface area contributed by atoms with Crippen molar-refractivity contribution in [3.63, 3.8) is 0 Å². The number of hydrogen-bond acceptors (Lipinski definition) is 15. The molecule has 10 atom stereocenters. The molecular formula is C35H57N5O15P2Si2. The van der Waals surface area contributed by atoms with E-state index in [4.69, 9.17) is 36.4 Å². The molecule has 3 aromatic rings. The Morgan fingerprint density at radius 1 is 0.864 bits per heavy atom. The molecule has 2 aromatic heterocycles. The summed E-state index contributed by atoms with van der Waals surface area (Å²) in [6.45, 7) is 23.0. The van der Waals surface area contributed by atoms with Gasteiger partial charge in [0, 0.05) is 24.0 Å². The number of aromatic nitrogens is 4. The maximum Gasteiger partial charge on any atom is 0.481 e. The Bertz CT molecular complexity index is 2120. The summed E-state index contributed by atoms with van der Waals surface area (Å²) < 4.78 is 75.3. The number of nitrogens with zero attached hydrogens (tertiary/aromatic N) is 4. The summed E-state index contributed by atoms with van der Waals surface area (Å²) in [7, 11) is -15.5. The molecule has 24 heteroatoms. The molecule has 3 N–H and O–H groups in total. The summed E-state index contributed by atoms with van der Waals surface area (Å²) in [5.41, 5.74) is -0.239. The zero-order chi connectivity index (χ0) is 44.1. The molecule has 5 unspecified atom stereocenters. The highest BCUT2D eigenvalue weighted by molar-refractivity contribution is 7.61. The number of nitro benzene ring substituents is 1. The first kappa shape index (κ1) is 47.4. The fourth-order valence-electron chi connectivity index (χ4n) is 6.13. The topological polar surface area (TPSA) is 255 Å². The summed E-state index contributed by atoms with van der Waals surface area (Å²) in [6, 6.07) is 5.42. The van der Waals surface area contributed by atoms with Crippen LogP contribution in [0.2, 0.25) is 36.3 Å². The third kappa shape index (κ3) is 10.9. The average Bonchev–Trinajstić information content (AvgIpc) is 3.75. The fraction of sp³-hybridized carbons (Fsp3) is 0.686. The van der Waals surface area contributed by atoms with Crippen LogP contribution < -0.4 is 10.3 Å². The molecule has 20 nitrogen and oxygen atoms in total. The summed E-state index contributed by atoms with van der Waals surface area (Å²) in [6.07, 6.45) is -2.43. The maximum absolute atomic E-state index is 13.2. The summed E-state index contributed by atoms with van der Waals surface area (Å²) >= 11 is 0. The van der Waals surface area contributed by atoms with Crippen LogP contribution in [0.5, 0.6) is 5.75 Å². The van der Waals surface area contributed by atoms with Crippen LogP contribution in [0, 0.1) is 22.0 Å². The second-order valence-corrected chi connectivity index (χ2v) is 30.6. The van der Waals surface area contributed by atoms with Crippen molar-refractivity contribution in [3.8, 4) is 5.75 Å². The number of non-ortho nitro benzene ring substituents is 1. The highest BCUT2D eigenvalue weighted by Crippen LogP contribution is 2.61. The van der Waals surface area contributed by atoms with Crippen LogP contribution in [0.4, 0.5) is 5.69 Å². The van der Waals surface area contributed by atoms with Crippen molar-refractivity contribution in [2.24, 2.45) is 11.8 Å². The number of phosphoric ester groups is 2. The lowest BCUT2D eigenvalue weighted by molar-refractivity contribution is -0.384. The molecule has 0 spiro atoms. The van der Waals surface area contributed by atoms with Crippen molar-refractivity contribution in [3.05, 3.63) is 57.4 Å². The van der Waals surface area contributed by atoms with Crippen molar-refractivity contribution >= 4 is 49.1 Å². The normalized spacial score (nSPS) is 27.8. The second kappa shape index (κ2) is 17.2. The Kier molecular flexibility index (Phi) is 13.8. The monoisotopic (exact) mass is 905 g/mol. The number of rotatable bonds is 16. The van der Waals surface area contributed by atoms with Gasteiger partial charge >= 0.3 is 15.6 Å². The van der Waals surface area contributed by atoms with E-state index < -0.39 is 105 Å². The van der Waals surface area contributed by atoms with Crippen molar-refractivity contribution < 1.29 is 60.3 Å². The smallest absolute Gasteiger partial charge is 0.465 e. The minimum atomic E-state index is -5.30. The SMILES string of the molecule is C[C@@H]1C(COP(=O)(O)OP(=O)(O)OCC2OC(Oc3ccc([N+](=O)[O-])cc3)[C@H](C)[C@@H]2O[Si](C)(C)C(C)(C)C)O[C@@H](n2cnc3c(=O)[nH]cnc32)[C@@H]1O[Si](C)(C)C(C)(C)C. The van der Waals surface area contributed by atoms with Gasteiger partial charge in [-0.2, -0.15) is 4.31 Å². The Morgan fingerprint density at radius 2 is 1.41 bits per heavy atom. The zero-order valence-corrected chi connectivity index (χ0v) is 39.2. The van der Waals surface area contributed by atoms with Gasteiger partial charge in [-0.15, -0.1) is 0 Å². The lowest BCUT2D eigenvalue weighted by atomic mass is 10.0. The van der Waals surface area contributed by atoms with Crippen molar-refractivity contribution in [1.29, 1.82) is 0 Å². The van der Waals surface area contributed by atoms with Crippen LogP contribution >= 0.6 is 15.6 Å². The van der Waals surface area contributed by atoms with Crippen molar-refractivity contribution in [2.75, 3.05) is 13.2 Å². The third-order valence-electron chi connectivity index (χ3n) is 11.7. The molecule has 0 radical (unpaired) electrons. The van der Waals surface area contributed by atoms with E-state index in [0.29, 0.717) is 0 Å². The molecule has 330 valence electrons. The van der Waals surface area contributed by atoms with Gasteiger partial charge in [-0.05, 0) is 48.4 Å². The van der Waals surface area contributed by atoms with Gasteiger partial charge in [0.05, 0.1) is 49.1 Å². The number of H-pyrrole nitrogens is 1. The van der Waals surface area contributed by atoms with Gasteiger partial charge in [0.1, 0.15) is 11.9 Å². The highest BCUT2D eigenvalue weighted by Gasteiger charge is 2.52. The van der Waals surface area contributed by atoms with Gasteiger partial charge in [0.2, 0.25) is 6.29 Å². The van der Waals surface area contributed by atoms with Crippen molar-refractivity contribution in [1.82, 2.24) is 19.5 Å². The molecule has 0 bridgehead atoms. The van der Waals surface area contributed by atoms with E-state index in [2.05, 4.69) is 48.8 Å². The summed E-state index contributed by atoms with van der Waals surface area (Å²) in [5, 5.41) is 10.7. The van der Waals surface area contributed by atoms with Crippen LogP contribution in [0.1, 0.15) is 61.6 Å². The largest absolute Gasteiger partial charge is 0.481 e. The van der Waals surface area contributed by atoms with E-state index in [0.717, 1.165) is 0 Å². The highest BCUT2D eigenvalue weighted by atomic mass is 31.3. The summed E-state index contributed by atoms with van der Waals surface area (Å²) in [5.74, 6) is -0.645. The molecular weight excluding hydrogens is 849 g/mol. The van der Waals surface area contributed by atoms with Crippen LogP contribution in [-0.2, 0) is 40.8 Å². The fourth-order valence-corrected chi connectivity index (χ4v) is 11.0. The number of ether oxygens (including phenoxy) is 3. The van der Waals surface area contributed by atoms with Gasteiger partial charge < -0.3 is 37.8 Å². The van der Waals surface area contributed by atoms with Crippen molar-refractivity contribution in [2.45, 2.75) is 129 Å². The molecule has 59 heavy (non-hydrogen) atoms. The number of aromatic amines is 1. The van der Waals surface area contributed by atoms with E-state index in [9.17, 15) is 33.8 Å². The van der Waals surface area contributed by atoms with Gasteiger partial charge in [-0.1, -0.05) is 55.4 Å². The number of phosphoric acid groups is 2. The molecule has 1 aromatic carbocycles. The van der Waals surface area contributed by atoms with E-state index in [1.807, 2.05) is 47.7 Å². The number of nitro groups is 1. The molecule has 5 rings (SSSR count). The first-order valence-corrected chi connectivity index (χ1v) is 28.0. The zero-order valence-electron chi connectivity index (χ0n) is 35.4. The molecule has 2 saturated heterocycles. The first-order chi connectivity index (χ1) is 27.0. The van der Waals surface area contributed by atoms with Gasteiger partial charge in [-0.25, -0.2) is 19.1 Å². The van der Waals surface area contributed by atoms with Gasteiger partial charge in [-0.3, -0.25) is 28.5 Å². The van der Waals surface area contributed by atoms with Gasteiger partial charge in [0.15, 0.2) is 34.0 Å². The summed E-state index contributed by atoms with van der Waals surface area (Å²) in [4.78, 5) is 55.4. The lowest BCUT2D eigenvalue weighted by Gasteiger charge is -2.40. The average molecular weight is 906 g/mol. The number of hydrogen-bond donors (Lipinski definition) is 3. The Morgan fingerprint density at radius 3 is 1.95 bits per heavy atom. The first-order valence-electron chi connectivity index (χ1n) is 19.2. The number of nitrogens with one attached hydrogen (secondary N) is 1. The standard InChI is InChI=1S/C35H57N5O15P2Si2/c1-21-25(51-32(29(21)54-59(11,12)35(6,7)8)39-20-38-27-30(39)36-19-37-31(27)41)17-48-56(44,45)55-57(46,47)49-18-26-28(53-58(9,10)34(3,4)5)22(2)33(52-26)50-24-15-13-23(14-16-24)40(42)43/h13-16,19-22,25-26,28-29,32-33H,17-18H2,1-12H3,(H,44,45)(H,46,47)(H,36,37,41)/t21-,22-,25?,26?,28+,29-,32-,33?/m1/s1. The molecule has 0 amide bonds. The minimum absolute atomic E-state index is 0.0874. The van der Waals surface area contributed by atoms with E-state index >= 15 is 0 Å². The van der Waals surface area contributed by atoms with E-state index in [1.54, 1.807) is 4.57 Å². The number of imidazole rings is 1. The van der Waals surface area contributed by atoms with E-state index in [1.165, 1.54) is 36.9 Å². The third-order valence-corrected chi connectivity index (χ3v) is 23.3. The Hall–Kier alpha value is -2.70. The second-order valence-electron chi connectivity index (χ2n) is 18.0. The Labute approximate surface area is 344 Å². The molecule has 2 aliphatic heterocycles. The van der Waals surface area contributed by atoms with E-state index in [-0.39, 0.29) is 32.7 Å². The maximum atomic E-state index is 13.2. The molecule has 2 aliphatic rings. The molecule has 0 saturated carbocycles. The lowest BCUT2D eigenvalue weighted by Crippen LogP contribution is -2.48. The van der Waals surface area contributed by atoms with Crippen LogP contribution in [0.15, 0.2) is 41.7 Å². The predicted molar refractivity (Wildman–Crippen MR) is 220 cm³/mol. The van der Waals surface area contributed by atoms with Crippen LogP contribution in [0.3, 0.4) is 0 Å².